The Morgan fingerprint density at radius 2 is 1.78 bits per heavy atom. The van der Waals surface area contributed by atoms with Gasteiger partial charge in [0.25, 0.3) is 0 Å². The molecule has 2 heterocycles. The summed E-state index contributed by atoms with van der Waals surface area (Å²) in [4.78, 5) is 9.98. The molecule has 7 heteroatoms. The van der Waals surface area contributed by atoms with Crippen molar-refractivity contribution in [2.75, 3.05) is 31.1 Å². The fourth-order valence-corrected chi connectivity index (χ4v) is 1.88. The molecule has 1 aromatic rings. The standard InChI is InChI=1S/C8H10Cl2N4.C2H6.CH3.Cs/c9-7-6(5-12-8(10)13-7)14-3-1-11-2-4-14;1-2;;/h5,11H,1-4H2;1-2H3;1H3;/q;;-1;+1. The second-order valence-electron chi connectivity index (χ2n) is 3.05. The summed E-state index contributed by atoms with van der Waals surface area (Å²) >= 11 is 11.6. The number of piperazine rings is 1. The van der Waals surface area contributed by atoms with E-state index in [4.69, 9.17) is 23.2 Å². The molecule has 2 rings (SSSR count). The molecule has 0 aromatic carbocycles. The summed E-state index contributed by atoms with van der Waals surface area (Å²) in [5, 5.41) is 3.88. The van der Waals surface area contributed by atoms with Crippen molar-refractivity contribution in [3.05, 3.63) is 24.1 Å². The summed E-state index contributed by atoms with van der Waals surface area (Å²) in [7, 11) is 0. The topological polar surface area (TPSA) is 41.1 Å². The summed E-state index contributed by atoms with van der Waals surface area (Å²) < 4.78 is 0. The molecule has 1 N–H and O–H groups in total. The van der Waals surface area contributed by atoms with E-state index in [1.54, 1.807) is 6.20 Å². The number of nitrogens with zero attached hydrogens (tertiary/aromatic N) is 3. The number of aromatic nitrogens is 2. The maximum Gasteiger partial charge on any atom is 1.00 e. The van der Waals surface area contributed by atoms with Crippen LogP contribution in [0.15, 0.2) is 6.20 Å². The third kappa shape index (κ3) is 6.76. The molecular weight excluding hydrogens is 392 g/mol. The Morgan fingerprint density at radius 1 is 1.22 bits per heavy atom. The van der Waals surface area contributed by atoms with Gasteiger partial charge in [0.05, 0.1) is 11.9 Å². The molecule has 0 spiro atoms. The summed E-state index contributed by atoms with van der Waals surface area (Å²) in [6.07, 6.45) is 1.67. The molecule has 0 saturated carbocycles. The van der Waals surface area contributed by atoms with Gasteiger partial charge in [-0.15, -0.1) is 0 Å². The quantitative estimate of drug-likeness (QED) is 0.391. The van der Waals surface area contributed by atoms with Crippen LogP contribution in [-0.4, -0.2) is 36.1 Å². The molecule has 0 bridgehead atoms. The Hall–Kier alpha value is 1.47. The average molecular weight is 411 g/mol. The van der Waals surface area contributed by atoms with Crippen LogP contribution in [-0.2, 0) is 0 Å². The number of hydrogen-bond acceptors (Lipinski definition) is 4. The number of hydrogen-bond donors (Lipinski definition) is 1. The van der Waals surface area contributed by atoms with E-state index in [0.717, 1.165) is 31.9 Å². The van der Waals surface area contributed by atoms with E-state index in [2.05, 4.69) is 20.2 Å². The van der Waals surface area contributed by atoms with Gasteiger partial charge < -0.3 is 17.6 Å². The van der Waals surface area contributed by atoms with Crippen LogP contribution in [0.3, 0.4) is 0 Å². The van der Waals surface area contributed by atoms with Crippen molar-refractivity contribution in [2.24, 2.45) is 0 Å². The van der Waals surface area contributed by atoms with Crippen molar-refractivity contribution in [1.82, 2.24) is 15.3 Å². The van der Waals surface area contributed by atoms with Gasteiger partial charge in [-0.2, -0.15) is 0 Å². The van der Waals surface area contributed by atoms with Gasteiger partial charge in [-0.3, -0.25) is 0 Å². The number of anilines is 1. The first-order valence-electron chi connectivity index (χ1n) is 5.41. The molecular formula is C11H19Cl2CsN4. The molecule has 18 heavy (non-hydrogen) atoms. The summed E-state index contributed by atoms with van der Waals surface area (Å²) in [6.45, 7) is 7.76. The van der Waals surface area contributed by atoms with Crippen molar-refractivity contribution in [3.8, 4) is 0 Å². The molecule has 1 aromatic heterocycles. The van der Waals surface area contributed by atoms with Crippen LogP contribution in [0.25, 0.3) is 0 Å². The van der Waals surface area contributed by atoms with Crippen LogP contribution in [0, 0.1) is 7.43 Å². The maximum atomic E-state index is 5.97. The largest absolute Gasteiger partial charge is 1.00 e. The normalized spacial score (nSPS) is 13.7. The molecule has 0 unspecified atom stereocenters. The third-order valence-corrected chi connectivity index (χ3v) is 2.61. The molecule has 0 aliphatic carbocycles. The molecule has 1 aliphatic heterocycles. The predicted molar refractivity (Wildman–Crippen MR) is 74.9 cm³/mol. The average Bonchev–Trinajstić information content (AvgIpc) is 2.33. The van der Waals surface area contributed by atoms with Crippen LogP contribution in [0.5, 0.6) is 0 Å². The summed E-state index contributed by atoms with van der Waals surface area (Å²) in [6, 6.07) is 0. The van der Waals surface area contributed by atoms with Gasteiger partial charge >= 0.3 is 68.9 Å². The number of halogens is 2. The second-order valence-corrected chi connectivity index (χ2v) is 3.75. The van der Waals surface area contributed by atoms with Crippen molar-refractivity contribution in [3.63, 3.8) is 0 Å². The van der Waals surface area contributed by atoms with Gasteiger partial charge in [-0.05, 0) is 11.6 Å². The van der Waals surface area contributed by atoms with Crippen LogP contribution in [0.1, 0.15) is 13.8 Å². The minimum Gasteiger partial charge on any atom is -0.365 e. The fraction of sp³-hybridized carbons (Fsp3) is 0.545. The van der Waals surface area contributed by atoms with Crippen molar-refractivity contribution < 1.29 is 68.9 Å². The van der Waals surface area contributed by atoms with E-state index in [9.17, 15) is 0 Å². The van der Waals surface area contributed by atoms with Gasteiger partial charge in [-0.25, -0.2) is 9.97 Å². The van der Waals surface area contributed by atoms with Crippen molar-refractivity contribution in [2.45, 2.75) is 13.8 Å². The van der Waals surface area contributed by atoms with Gasteiger partial charge in [0.2, 0.25) is 5.28 Å². The molecule has 0 atom stereocenters. The van der Waals surface area contributed by atoms with Crippen molar-refractivity contribution >= 4 is 28.9 Å². The van der Waals surface area contributed by atoms with E-state index in [-0.39, 0.29) is 81.6 Å². The summed E-state index contributed by atoms with van der Waals surface area (Å²) in [5.41, 5.74) is 0.859. The van der Waals surface area contributed by atoms with E-state index in [1.807, 2.05) is 13.8 Å². The smallest absolute Gasteiger partial charge is 0.365 e. The first kappa shape index (κ1) is 21.8. The van der Waals surface area contributed by atoms with Crippen LogP contribution >= 0.6 is 23.2 Å². The molecule has 1 fully saturated rings. The van der Waals surface area contributed by atoms with Crippen molar-refractivity contribution in [1.29, 1.82) is 0 Å². The van der Waals surface area contributed by atoms with Crippen LogP contribution < -0.4 is 79.1 Å². The Balaban J connectivity index is 0. The first-order valence-corrected chi connectivity index (χ1v) is 6.16. The van der Waals surface area contributed by atoms with Gasteiger partial charge in [0, 0.05) is 26.2 Å². The Kier molecular flexibility index (Phi) is 14.8. The van der Waals surface area contributed by atoms with Gasteiger partial charge in [-0.1, -0.05) is 25.4 Å². The second kappa shape index (κ2) is 12.2. The molecule has 0 radical (unpaired) electrons. The van der Waals surface area contributed by atoms with Gasteiger partial charge in [0.1, 0.15) is 0 Å². The number of rotatable bonds is 1. The van der Waals surface area contributed by atoms with E-state index in [1.165, 1.54) is 0 Å². The molecule has 98 valence electrons. The Bertz CT molecular complexity index is 333. The molecule has 0 amide bonds. The molecule has 4 nitrogen and oxygen atoms in total. The first-order chi connectivity index (χ1) is 7.77. The van der Waals surface area contributed by atoms with Gasteiger partial charge in [0.15, 0.2) is 5.15 Å². The zero-order chi connectivity index (χ0) is 12.0. The molecule has 1 aliphatic rings. The Labute approximate surface area is 179 Å². The zero-order valence-electron chi connectivity index (χ0n) is 11.5. The van der Waals surface area contributed by atoms with E-state index in [0.29, 0.717) is 5.15 Å². The monoisotopic (exact) mass is 410 g/mol. The SMILES string of the molecule is CC.Clc1ncc(N2CCNCC2)c(Cl)n1.[CH3-].[Cs+]. The maximum absolute atomic E-state index is 5.97. The van der Waals surface area contributed by atoms with E-state index >= 15 is 0 Å². The molecule has 1 saturated heterocycles. The predicted octanol–water partition coefficient (Wildman–Crippen LogP) is -0.327. The Morgan fingerprint density at radius 3 is 2.28 bits per heavy atom. The van der Waals surface area contributed by atoms with Crippen LogP contribution in [0.2, 0.25) is 10.4 Å². The third-order valence-electron chi connectivity index (χ3n) is 2.15. The van der Waals surface area contributed by atoms with Crippen LogP contribution in [0.4, 0.5) is 5.69 Å². The minimum absolute atomic E-state index is 0. The fourth-order valence-electron chi connectivity index (χ4n) is 1.45. The zero-order valence-corrected chi connectivity index (χ0v) is 19.3. The summed E-state index contributed by atoms with van der Waals surface area (Å²) in [5.74, 6) is 0. The van der Waals surface area contributed by atoms with E-state index < -0.39 is 0 Å². The minimum atomic E-state index is 0. The number of nitrogens with one attached hydrogen (secondary N) is 1.